The van der Waals surface area contributed by atoms with Crippen LogP contribution in [-0.2, 0) is 32.5 Å². The van der Waals surface area contributed by atoms with E-state index in [4.69, 9.17) is 4.74 Å². The van der Waals surface area contributed by atoms with Gasteiger partial charge in [-0.1, -0.05) is 60.2 Å². The topological polar surface area (TPSA) is 106 Å². The number of anilines is 1. The van der Waals surface area contributed by atoms with Crippen LogP contribution in [-0.4, -0.2) is 42.7 Å². The van der Waals surface area contributed by atoms with Gasteiger partial charge in [-0.15, -0.1) is 11.3 Å². The summed E-state index contributed by atoms with van der Waals surface area (Å²) in [6, 6.07) is 21.3. The van der Waals surface area contributed by atoms with Crippen molar-refractivity contribution >= 4 is 38.4 Å². The van der Waals surface area contributed by atoms with Gasteiger partial charge in [0.1, 0.15) is 0 Å². The fourth-order valence-electron chi connectivity index (χ4n) is 4.17. The highest BCUT2D eigenvalue weighted by molar-refractivity contribution is 7.89. The zero-order chi connectivity index (χ0) is 26.7. The van der Waals surface area contributed by atoms with E-state index in [1.807, 2.05) is 60.8 Å². The third-order valence-corrected chi connectivity index (χ3v) is 8.83. The van der Waals surface area contributed by atoms with E-state index in [2.05, 4.69) is 10.3 Å². The molecule has 1 aromatic heterocycles. The van der Waals surface area contributed by atoms with Gasteiger partial charge in [-0.3, -0.25) is 10.1 Å². The zero-order valence-corrected chi connectivity index (χ0v) is 22.2. The number of carbonyl (C=O) groups is 2. The minimum atomic E-state index is -3.82. The van der Waals surface area contributed by atoms with Crippen molar-refractivity contribution in [1.29, 1.82) is 0 Å². The highest BCUT2D eigenvalue weighted by Gasteiger charge is 2.29. The first-order valence-electron chi connectivity index (χ1n) is 12.0. The summed E-state index contributed by atoms with van der Waals surface area (Å²) in [6.45, 7) is 2.10. The molecule has 0 saturated heterocycles. The summed E-state index contributed by atoms with van der Waals surface area (Å²) in [5, 5.41) is 4.85. The Hall–Kier alpha value is -3.86. The molecule has 1 aliphatic rings. The van der Waals surface area contributed by atoms with E-state index in [0.717, 1.165) is 27.9 Å². The maximum Gasteiger partial charge on any atom is 0.338 e. The van der Waals surface area contributed by atoms with Crippen molar-refractivity contribution in [1.82, 2.24) is 9.29 Å². The summed E-state index contributed by atoms with van der Waals surface area (Å²) in [6.07, 6.45) is 0.623. The van der Waals surface area contributed by atoms with E-state index in [-0.39, 0.29) is 17.0 Å². The Labute approximate surface area is 225 Å². The number of thiazole rings is 1. The van der Waals surface area contributed by atoms with Crippen LogP contribution in [0, 0.1) is 6.92 Å². The molecule has 194 valence electrons. The summed E-state index contributed by atoms with van der Waals surface area (Å²) >= 11 is 1.27. The van der Waals surface area contributed by atoms with Crippen molar-refractivity contribution in [2.24, 2.45) is 0 Å². The quantitative estimate of drug-likeness (QED) is 0.338. The van der Waals surface area contributed by atoms with Gasteiger partial charge in [0.25, 0.3) is 5.91 Å². The molecule has 8 nitrogen and oxygen atoms in total. The van der Waals surface area contributed by atoms with Gasteiger partial charge in [0.05, 0.1) is 16.2 Å². The van der Waals surface area contributed by atoms with Gasteiger partial charge >= 0.3 is 5.97 Å². The number of benzene rings is 3. The van der Waals surface area contributed by atoms with Crippen LogP contribution in [0.2, 0.25) is 0 Å². The van der Waals surface area contributed by atoms with Crippen LogP contribution in [0.4, 0.5) is 5.13 Å². The number of sulfonamides is 1. The number of fused-ring (bicyclic) bond motifs is 1. The summed E-state index contributed by atoms with van der Waals surface area (Å²) in [5.41, 5.74) is 4.96. The molecule has 38 heavy (non-hydrogen) atoms. The lowest BCUT2D eigenvalue weighted by molar-refractivity contribution is -0.119. The van der Waals surface area contributed by atoms with Crippen LogP contribution in [0.25, 0.3) is 11.3 Å². The standard InChI is InChI=1S/C28H25N3O5S2/c1-19-9-11-21(12-10-19)25-18-37-28(29-25)30-26(32)17-36-27(33)22-7-4-8-24(15-22)38(34,35)31-14-13-20-5-2-3-6-23(20)16-31/h2-12,15,18H,13-14,16-17H2,1H3,(H,29,30,32). The second-order valence-corrected chi connectivity index (χ2v) is 11.7. The summed E-state index contributed by atoms with van der Waals surface area (Å²) in [4.78, 5) is 29.4. The molecule has 5 rings (SSSR count). The molecule has 1 N–H and O–H groups in total. The van der Waals surface area contributed by atoms with Crippen LogP contribution in [0.3, 0.4) is 0 Å². The fourth-order valence-corrected chi connectivity index (χ4v) is 6.37. The molecule has 0 saturated carbocycles. The molecule has 0 bridgehead atoms. The molecule has 0 aliphatic carbocycles. The number of esters is 1. The monoisotopic (exact) mass is 547 g/mol. The smallest absolute Gasteiger partial charge is 0.338 e. The highest BCUT2D eigenvalue weighted by Crippen LogP contribution is 2.26. The van der Waals surface area contributed by atoms with Crippen LogP contribution >= 0.6 is 11.3 Å². The van der Waals surface area contributed by atoms with Gasteiger partial charge in [-0.25, -0.2) is 18.2 Å². The minimum Gasteiger partial charge on any atom is -0.452 e. The van der Waals surface area contributed by atoms with Crippen molar-refractivity contribution in [2.45, 2.75) is 24.8 Å². The number of ether oxygens (including phenoxy) is 1. The number of hydrogen-bond donors (Lipinski definition) is 1. The molecule has 0 spiro atoms. The number of aryl methyl sites for hydroxylation is 1. The summed E-state index contributed by atoms with van der Waals surface area (Å²) in [7, 11) is -3.82. The first kappa shape index (κ1) is 25.8. The van der Waals surface area contributed by atoms with Gasteiger partial charge < -0.3 is 4.74 Å². The molecule has 0 atom stereocenters. The van der Waals surface area contributed by atoms with Gasteiger partial charge in [-0.2, -0.15) is 4.31 Å². The normalized spacial score (nSPS) is 13.5. The number of hydrogen-bond acceptors (Lipinski definition) is 7. The molecule has 1 amide bonds. The summed E-state index contributed by atoms with van der Waals surface area (Å²) < 4.78 is 33.1. The highest BCUT2D eigenvalue weighted by atomic mass is 32.2. The Balaban J connectivity index is 1.19. The molecular weight excluding hydrogens is 522 g/mol. The first-order chi connectivity index (χ1) is 18.3. The average molecular weight is 548 g/mol. The number of aromatic nitrogens is 1. The van der Waals surface area contributed by atoms with E-state index >= 15 is 0 Å². The first-order valence-corrected chi connectivity index (χ1v) is 14.3. The molecule has 4 aromatic rings. The Morgan fingerprint density at radius 3 is 2.58 bits per heavy atom. The molecule has 0 radical (unpaired) electrons. The number of nitrogens with zero attached hydrogens (tertiary/aromatic N) is 2. The molecule has 0 unspecified atom stereocenters. The second kappa shape index (κ2) is 10.9. The predicted octanol–water partition coefficient (Wildman–Crippen LogP) is 4.66. The number of amides is 1. The van der Waals surface area contributed by atoms with Crippen LogP contribution in [0.5, 0.6) is 0 Å². The minimum absolute atomic E-state index is 0.00204. The predicted molar refractivity (Wildman–Crippen MR) is 145 cm³/mol. The average Bonchev–Trinajstić information content (AvgIpc) is 3.40. The van der Waals surface area contributed by atoms with Crippen molar-refractivity contribution < 1.29 is 22.7 Å². The van der Waals surface area contributed by atoms with Gasteiger partial charge in [-0.05, 0) is 42.7 Å². The molecule has 1 aliphatic heterocycles. The third kappa shape index (κ3) is 5.67. The van der Waals surface area contributed by atoms with Crippen LogP contribution in [0.15, 0.2) is 83.1 Å². The van der Waals surface area contributed by atoms with Crippen molar-refractivity contribution in [3.05, 3.63) is 100 Å². The van der Waals surface area contributed by atoms with E-state index < -0.39 is 28.5 Å². The zero-order valence-electron chi connectivity index (χ0n) is 20.6. The Morgan fingerprint density at radius 1 is 1.03 bits per heavy atom. The lowest BCUT2D eigenvalue weighted by Crippen LogP contribution is -2.36. The second-order valence-electron chi connectivity index (χ2n) is 8.91. The molecule has 3 aromatic carbocycles. The van der Waals surface area contributed by atoms with Crippen molar-refractivity contribution in [2.75, 3.05) is 18.5 Å². The van der Waals surface area contributed by atoms with E-state index in [9.17, 15) is 18.0 Å². The summed E-state index contributed by atoms with van der Waals surface area (Å²) in [5.74, 6) is -1.33. The lowest BCUT2D eigenvalue weighted by atomic mass is 10.0. The lowest BCUT2D eigenvalue weighted by Gasteiger charge is -2.28. The molecular formula is C28H25N3O5S2. The maximum atomic E-state index is 13.3. The fraction of sp³-hybridized carbons (Fsp3) is 0.179. The Kier molecular flexibility index (Phi) is 7.37. The molecule has 0 fully saturated rings. The van der Waals surface area contributed by atoms with Gasteiger partial charge in [0.2, 0.25) is 10.0 Å². The third-order valence-electron chi connectivity index (χ3n) is 6.24. The Morgan fingerprint density at radius 2 is 1.79 bits per heavy atom. The number of carbonyl (C=O) groups excluding carboxylic acids is 2. The number of rotatable bonds is 7. The largest absolute Gasteiger partial charge is 0.452 e. The van der Waals surface area contributed by atoms with Crippen LogP contribution < -0.4 is 5.32 Å². The van der Waals surface area contributed by atoms with E-state index in [1.165, 1.54) is 39.9 Å². The molecule has 10 heteroatoms. The number of nitrogens with one attached hydrogen (secondary N) is 1. The Bertz CT molecular complexity index is 1600. The van der Waals surface area contributed by atoms with Crippen molar-refractivity contribution in [3.8, 4) is 11.3 Å². The van der Waals surface area contributed by atoms with Gasteiger partial charge in [0, 0.05) is 24.0 Å². The van der Waals surface area contributed by atoms with E-state index in [1.54, 1.807) is 0 Å². The van der Waals surface area contributed by atoms with E-state index in [0.29, 0.717) is 18.1 Å². The molecule has 2 heterocycles. The van der Waals surface area contributed by atoms with Crippen LogP contribution in [0.1, 0.15) is 27.0 Å². The maximum absolute atomic E-state index is 13.3. The SMILES string of the molecule is Cc1ccc(-c2csc(NC(=O)COC(=O)c3cccc(S(=O)(=O)N4CCc5ccccc5C4)c3)n2)cc1. The van der Waals surface area contributed by atoms with Crippen molar-refractivity contribution in [3.63, 3.8) is 0 Å². The van der Waals surface area contributed by atoms with Gasteiger partial charge in [0.15, 0.2) is 11.7 Å².